The van der Waals surface area contributed by atoms with E-state index in [0.717, 1.165) is 5.56 Å². The molecule has 1 aromatic carbocycles. The van der Waals surface area contributed by atoms with Gasteiger partial charge in [0, 0.05) is 0 Å². The van der Waals surface area contributed by atoms with Crippen LogP contribution in [0.2, 0.25) is 0 Å². The van der Waals surface area contributed by atoms with Crippen LogP contribution in [-0.4, -0.2) is 5.97 Å². The molecule has 64 valence electrons. The molecule has 13 heavy (non-hydrogen) atoms. The summed E-state index contributed by atoms with van der Waals surface area (Å²) < 4.78 is 4.88. The fourth-order valence-electron chi connectivity index (χ4n) is 1.26. The van der Waals surface area contributed by atoms with E-state index in [0.29, 0.717) is 12.0 Å². The van der Waals surface area contributed by atoms with Crippen LogP contribution in [-0.2, 0) is 9.53 Å². The second-order valence-corrected chi connectivity index (χ2v) is 2.92. The summed E-state index contributed by atoms with van der Waals surface area (Å²) in [5.74, 6) is -0.158. The lowest BCUT2D eigenvalue weighted by Gasteiger charge is -2.25. The molecule has 1 aromatic rings. The van der Waals surface area contributed by atoms with E-state index in [4.69, 9.17) is 10.00 Å². The number of ether oxygens (including phenoxy) is 1. The molecule has 0 aromatic heterocycles. The van der Waals surface area contributed by atoms with E-state index in [9.17, 15) is 4.79 Å². The fourth-order valence-corrected chi connectivity index (χ4v) is 1.26. The van der Waals surface area contributed by atoms with Gasteiger partial charge in [-0.2, -0.15) is 5.26 Å². The van der Waals surface area contributed by atoms with E-state index in [1.807, 2.05) is 18.2 Å². The largest absolute Gasteiger partial charge is 0.457 e. The van der Waals surface area contributed by atoms with Gasteiger partial charge < -0.3 is 4.74 Å². The lowest BCUT2D eigenvalue weighted by atomic mass is 10.0. The van der Waals surface area contributed by atoms with Crippen molar-refractivity contribution in [2.75, 3.05) is 0 Å². The molecule has 1 heterocycles. The highest BCUT2D eigenvalue weighted by molar-refractivity contribution is 5.75. The number of carbonyl (C=O) groups is 1. The Morgan fingerprint density at radius 1 is 1.38 bits per heavy atom. The van der Waals surface area contributed by atoms with Gasteiger partial charge >= 0.3 is 5.97 Å². The Balaban J connectivity index is 2.15. The highest BCUT2D eigenvalue weighted by atomic mass is 16.6. The fraction of sp³-hybridized carbons (Fsp3) is 0.200. The van der Waals surface area contributed by atoms with Gasteiger partial charge in [0.1, 0.15) is 6.10 Å². The SMILES string of the molecule is N#Cc1ccc([C@@H]2CC(=O)O2)cc1. The lowest BCUT2D eigenvalue weighted by molar-refractivity contribution is -0.170. The molecule has 0 bridgehead atoms. The van der Waals surface area contributed by atoms with Crippen molar-refractivity contribution in [3.05, 3.63) is 35.4 Å². The molecule has 1 aliphatic heterocycles. The van der Waals surface area contributed by atoms with Crippen LogP contribution < -0.4 is 0 Å². The molecule has 0 unspecified atom stereocenters. The Kier molecular flexibility index (Phi) is 1.75. The van der Waals surface area contributed by atoms with Crippen molar-refractivity contribution in [3.8, 4) is 6.07 Å². The second kappa shape index (κ2) is 2.91. The van der Waals surface area contributed by atoms with Crippen molar-refractivity contribution >= 4 is 5.97 Å². The number of hydrogen-bond donors (Lipinski definition) is 0. The van der Waals surface area contributed by atoms with Gasteiger partial charge in [-0.15, -0.1) is 0 Å². The van der Waals surface area contributed by atoms with E-state index < -0.39 is 0 Å². The molecule has 0 radical (unpaired) electrons. The van der Waals surface area contributed by atoms with E-state index in [1.165, 1.54) is 0 Å². The maximum absolute atomic E-state index is 10.5. The van der Waals surface area contributed by atoms with Crippen molar-refractivity contribution in [2.24, 2.45) is 0 Å². The number of nitrogens with zero attached hydrogens (tertiary/aromatic N) is 1. The normalized spacial score (nSPS) is 19.9. The molecule has 3 nitrogen and oxygen atoms in total. The number of esters is 1. The summed E-state index contributed by atoms with van der Waals surface area (Å²) in [5.41, 5.74) is 1.58. The smallest absolute Gasteiger partial charge is 0.310 e. The molecule has 0 amide bonds. The maximum Gasteiger partial charge on any atom is 0.310 e. The Bertz CT molecular complexity index is 367. The van der Waals surface area contributed by atoms with E-state index in [1.54, 1.807) is 12.1 Å². The lowest BCUT2D eigenvalue weighted by Crippen LogP contribution is -2.24. The molecule has 1 saturated heterocycles. The van der Waals surface area contributed by atoms with Gasteiger partial charge in [0.05, 0.1) is 18.1 Å². The first-order valence-electron chi connectivity index (χ1n) is 3.99. The molecule has 0 saturated carbocycles. The minimum atomic E-state index is -0.158. The zero-order valence-electron chi connectivity index (χ0n) is 6.86. The van der Waals surface area contributed by atoms with Gasteiger partial charge in [0.15, 0.2) is 0 Å². The average Bonchev–Trinajstić information content (AvgIpc) is 2.13. The predicted octanol–water partition coefficient (Wildman–Crippen LogP) is 1.55. The summed E-state index contributed by atoms with van der Waals surface area (Å²) in [5, 5.41) is 8.54. The third-order valence-corrected chi connectivity index (χ3v) is 2.04. The van der Waals surface area contributed by atoms with Crippen molar-refractivity contribution < 1.29 is 9.53 Å². The van der Waals surface area contributed by atoms with Gasteiger partial charge in [-0.1, -0.05) is 12.1 Å². The summed E-state index contributed by atoms with van der Waals surface area (Å²) >= 11 is 0. The second-order valence-electron chi connectivity index (χ2n) is 2.92. The van der Waals surface area contributed by atoms with Crippen LogP contribution in [0, 0.1) is 11.3 Å². The molecular weight excluding hydrogens is 166 g/mol. The molecule has 2 rings (SSSR count). The van der Waals surface area contributed by atoms with Gasteiger partial charge in [-0.3, -0.25) is 4.79 Å². The van der Waals surface area contributed by atoms with E-state index in [2.05, 4.69) is 0 Å². The molecule has 3 heteroatoms. The average molecular weight is 173 g/mol. The standard InChI is InChI=1S/C10H7NO2/c11-6-7-1-3-8(4-2-7)9-5-10(12)13-9/h1-4,9H,5H2/t9-/m0/s1. The monoisotopic (exact) mass is 173 g/mol. The van der Waals surface area contributed by atoms with Gasteiger partial charge in [-0.25, -0.2) is 0 Å². The third kappa shape index (κ3) is 1.38. The molecule has 1 fully saturated rings. The van der Waals surface area contributed by atoms with Crippen LogP contribution >= 0.6 is 0 Å². The molecule has 0 N–H and O–H groups in total. The number of cyclic esters (lactones) is 1. The summed E-state index contributed by atoms with van der Waals surface area (Å²) in [6, 6.07) is 9.11. The van der Waals surface area contributed by atoms with E-state index >= 15 is 0 Å². The summed E-state index contributed by atoms with van der Waals surface area (Å²) in [6.45, 7) is 0. The number of carbonyl (C=O) groups excluding carboxylic acids is 1. The zero-order chi connectivity index (χ0) is 9.26. The molecule has 0 aliphatic carbocycles. The summed E-state index contributed by atoms with van der Waals surface area (Å²) in [7, 11) is 0. The first kappa shape index (κ1) is 7.81. The van der Waals surface area contributed by atoms with Gasteiger partial charge in [0.2, 0.25) is 0 Å². The minimum Gasteiger partial charge on any atom is -0.457 e. The Morgan fingerprint density at radius 3 is 2.46 bits per heavy atom. The summed E-state index contributed by atoms with van der Waals surface area (Å²) in [6.07, 6.45) is 0.353. The predicted molar refractivity (Wildman–Crippen MR) is 44.6 cm³/mol. The first-order chi connectivity index (χ1) is 6.29. The minimum absolute atomic E-state index is 0.0970. The zero-order valence-corrected chi connectivity index (χ0v) is 6.86. The van der Waals surface area contributed by atoms with Crippen LogP contribution in [0.5, 0.6) is 0 Å². The third-order valence-electron chi connectivity index (χ3n) is 2.04. The van der Waals surface area contributed by atoms with Crippen LogP contribution in [0.3, 0.4) is 0 Å². The van der Waals surface area contributed by atoms with Gasteiger partial charge in [-0.05, 0) is 17.7 Å². The van der Waals surface area contributed by atoms with Crippen molar-refractivity contribution in [3.63, 3.8) is 0 Å². The highest BCUT2D eigenvalue weighted by Gasteiger charge is 2.29. The Hall–Kier alpha value is -1.82. The molecule has 0 spiro atoms. The van der Waals surface area contributed by atoms with Crippen molar-refractivity contribution in [2.45, 2.75) is 12.5 Å². The topological polar surface area (TPSA) is 50.1 Å². The maximum atomic E-state index is 10.5. The van der Waals surface area contributed by atoms with Gasteiger partial charge in [0.25, 0.3) is 0 Å². The Morgan fingerprint density at radius 2 is 2.00 bits per heavy atom. The van der Waals surface area contributed by atoms with E-state index in [-0.39, 0.29) is 12.1 Å². The molecular formula is C10H7NO2. The Labute approximate surface area is 75.6 Å². The van der Waals surface area contributed by atoms with Crippen LogP contribution in [0.1, 0.15) is 23.7 Å². The number of nitriles is 1. The molecule has 1 atom stereocenters. The van der Waals surface area contributed by atoms with Crippen molar-refractivity contribution in [1.82, 2.24) is 0 Å². The molecule has 1 aliphatic rings. The van der Waals surface area contributed by atoms with Crippen LogP contribution in [0.4, 0.5) is 0 Å². The highest BCUT2D eigenvalue weighted by Crippen LogP contribution is 2.30. The first-order valence-corrected chi connectivity index (χ1v) is 3.99. The number of benzene rings is 1. The van der Waals surface area contributed by atoms with Crippen LogP contribution in [0.25, 0.3) is 0 Å². The summed E-state index contributed by atoms with van der Waals surface area (Å²) in [4.78, 5) is 10.5. The number of rotatable bonds is 1. The van der Waals surface area contributed by atoms with Crippen molar-refractivity contribution in [1.29, 1.82) is 5.26 Å². The number of hydrogen-bond acceptors (Lipinski definition) is 3. The van der Waals surface area contributed by atoms with Crippen LogP contribution in [0.15, 0.2) is 24.3 Å². The quantitative estimate of drug-likeness (QED) is 0.605.